The largest absolute Gasteiger partial charge is 0.466 e. The van der Waals surface area contributed by atoms with Crippen LogP contribution in [-0.2, 0) is 17.1 Å². The molecule has 0 N–H and O–H groups in total. The number of methoxy groups -OCH3 is 1. The van der Waals surface area contributed by atoms with Gasteiger partial charge in [0.15, 0.2) is 6.79 Å². The van der Waals surface area contributed by atoms with E-state index >= 15 is 0 Å². The van der Waals surface area contributed by atoms with Crippen LogP contribution in [0.4, 0.5) is 26.3 Å². The maximum absolute atomic E-state index is 12.7. The molecule has 0 heterocycles. The highest BCUT2D eigenvalue weighted by molar-refractivity contribution is 9.10. The molecule has 2 nitrogen and oxygen atoms in total. The van der Waals surface area contributed by atoms with Gasteiger partial charge in [-0.15, -0.1) is 0 Å². The van der Waals surface area contributed by atoms with Crippen molar-refractivity contribution in [2.75, 3.05) is 13.9 Å². The molecule has 0 spiro atoms. The summed E-state index contributed by atoms with van der Waals surface area (Å²) < 4.78 is 84.2. The van der Waals surface area contributed by atoms with Crippen molar-refractivity contribution in [1.82, 2.24) is 0 Å². The maximum atomic E-state index is 12.7. The summed E-state index contributed by atoms with van der Waals surface area (Å²) in [5.74, 6) is -0.748. The SMILES string of the molecule is COCOc1c(Br)cc(C(F)(F)F)cc1C(F)(F)F. The first-order valence-electron chi connectivity index (χ1n) is 4.67. The molecule has 0 radical (unpaired) electrons. The summed E-state index contributed by atoms with van der Waals surface area (Å²) in [6, 6.07) is 0.510. The van der Waals surface area contributed by atoms with Crippen molar-refractivity contribution < 1.29 is 35.8 Å². The Kier molecular flexibility index (Phi) is 4.72. The molecule has 1 rings (SSSR count). The Labute approximate surface area is 112 Å². The highest BCUT2D eigenvalue weighted by Crippen LogP contribution is 2.44. The molecule has 0 aliphatic heterocycles. The summed E-state index contributed by atoms with van der Waals surface area (Å²) in [4.78, 5) is 0. The van der Waals surface area contributed by atoms with Crippen LogP contribution < -0.4 is 4.74 Å². The first kappa shape index (κ1) is 16.1. The first-order valence-corrected chi connectivity index (χ1v) is 5.46. The predicted molar refractivity (Wildman–Crippen MR) is 56.6 cm³/mol. The third-order valence-electron chi connectivity index (χ3n) is 2.00. The van der Waals surface area contributed by atoms with Gasteiger partial charge in [0, 0.05) is 7.11 Å². The van der Waals surface area contributed by atoms with Gasteiger partial charge in [0.2, 0.25) is 0 Å². The fourth-order valence-corrected chi connectivity index (χ4v) is 1.81. The summed E-state index contributed by atoms with van der Waals surface area (Å²) in [7, 11) is 1.17. The van der Waals surface area contributed by atoms with Crippen LogP contribution in [-0.4, -0.2) is 13.9 Å². The van der Waals surface area contributed by atoms with Crippen LogP contribution in [0.15, 0.2) is 16.6 Å². The smallest absolute Gasteiger partial charge is 0.420 e. The lowest BCUT2D eigenvalue weighted by Crippen LogP contribution is -2.14. The van der Waals surface area contributed by atoms with E-state index in [0.29, 0.717) is 6.07 Å². The molecular weight excluding hydrogens is 346 g/mol. The zero-order valence-corrected chi connectivity index (χ0v) is 10.9. The van der Waals surface area contributed by atoms with Crippen LogP contribution in [0.5, 0.6) is 5.75 Å². The molecule has 0 aliphatic rings. The second-order valence-electron chi connectivity index (χ2n) is 3.38. The normalized spacial score (nSPS) is 12.6. The molecule has 0 saturated carbocycles. The average Bonchev–Trinajstić information content (AvgIpc) is 2.23. The summed E-state index contributed by atoms with van der Waals surface area (Å²) in [6.45, 7) is -0.521. The van der Waals surface area contributed by atoms with Gasteiger partial charge in [-0.2, -0.15) is 26.3 Å². The molecule has 0 unspecified atom stereocenters. The van der Waals surface area contributed by atoms with E-state index in [-0.39, 0.29) is 6.07 Å². The van der Waals surface area contributed by atoms with Gasteiger partial charge in [-0.3, -0.25) is 0 Å². The molecule has 0 aliphatic carbocycles. The van der Waals surface area contributed by atoms with E-state index in [1.807, 2.05) is 0 Å². The van der Waals surface area contributed by atoms with E-state index in [1.54, 1.807) is 0 Å². The molecule has 0 atom stereocenters. The van der Waals surface area contributed by atoms with Crippen molar-refractivity contribution in [3.8, 4) is 5.75 Å². The highest BCUT2D eigenvalue weighted by atomic mass is 79.9. The first-order chi connectivity index (χ1) is 8.57. The predicted octanol–water partition coefficient (Wildman–Crippen LogP) is 4.47. The van der Waals surface area contributed by atoms with Gasteiger partial charge < -0.3 is 9.47 Å². The summed E-state index contributed by atoms with van der Waals surface area (Å²) in [6.07, 6.45) is -9.87. The van der Waals surface area contributed by atoms with Crippen LogP contribution in [0.2, 0.25) is 0 Å². The second-order valence-corrected chi connectivity index (χ2v) is 4.24. The molecular formula is C10H7BrF6O2. The lowest BCUT2D eigenvalue weighted by Gasteiger charge is -2.17. The summed E-state index contributed by atoms with van der Waals surface area (Å²) >= 11 is 2.63. The van der Waals surface area contributed by atoms with Gasteiger partial charge in [0.1, 0.15) is 5.75 Å². The molecule has 0 fully saturated rings. The zero-order valence-electron chi connectivity index (χ0n) is 9.32. The van der Waals surface area contributed by atoms with E-state index in [9.17, 15) is 26.3 Å². The third-order valence-corrected chi connectivity index (χ3v) is 2.59. The minimum Gasteiger partial charge on any atom is -0.466 e. The number of halogens is 7. The number of ether oxygens (including phenoxy) is 2. The van der Waals surface area contributed by atoms with E-state index in [4.69, 9.17) is 0 Å². The number of rotatable bonds is 3. The molecule has 19 heavy (non-hydrogen) atoms. The molecule has 108 valence electrons. The zero-order chi connectivity index (χ0) is 14.8. The molecule has 0 bridgehead atoms. The Morgan fingerprint density at radius 1 is 1.05 bits per heavy atom. The standard InChI is InChI=1S/C10H7BrF6O2/c1-18-4-19-8-6(10(15,16)17)2-5(3-7(8)11)9(12,13)14/h2-3H,4H2,1H3. The van der Waals surface area contributed by atoms with Gasteiger partial charge in [-0.1, -0.05) is 0 Å². The van der Waals surface area contributed by atoms with Crippen LogP contribution in [0.1, 0.15) is 11.1 Å². The van der Waals surface area contributed by atoms with E-state index in [2.05, 4.69) is 25.4 Å². The van der Waals surface area contributed by atoms with Gasteiger partial charge >= 0.3 is 12.4 Å². The molecule has 0 saturated heterocycles. The van der Waals surface area contributed by atoms with E-state index < -0.39 is 40.5 Å². The van der Waals surface area contributed by atoms with E-state index in [1.165, 1.54) is 7.11 Å². The Balaban J connectivity index is 3.39. The van der Waals surface area contributed by atoms with Gasteiger partial charge in [0.25, 0.3) is 0 Å². The molecule has 1 aromatic rings. The van der Waals surface area contributed by atoms with E-state index in [0.717, 1.165) is 0 Å². The van der Waals surface area contributed by atoms with Crippen LogP contribution in [0.25, 0.3) is 0 Å². The van der Waals surface area contributed by atoms with Crippen LogP contribution >= 0.6 is 15.9 Å². The Morgan fingerprint density at radius 3 is 2.05 bits per heavy atom. The third kappa shape index (κ3) is 4.00. The van der Waals surface area contributed by atoms with Crippen molar-refractivity contribution >= 4 is 15.9 Å². The van der Waals surface area contributed by atoms with Crippen molar-refractivity contribution in [2.24, 2.45) is 0 Å². The quantitative estimate of drug-likeness (QED) is 0.590. The summed E-state index contributed by atoms with van der Waals surface area (Å²) in [5.41, 5.74) is -2.94. The van der Waals surface area contributed by atoms with Crippen molar-refractivity contribution in [2.45, 2.75) is 12.4 Å². The molecule has 9 heteroatoms. The van der Waals surface area contributed by atoms with Crippen LogP contribution in [0.3, 0.4) is 0 Å². The Bertz CT molecular complexity index is 455. The lowest BCUT2D eigenvalue weighted by molar-refractivity contribution is -0.144. The minimum absolute atomic E-state index is 0.00421. The average molecular weight is 353 g/mol. The van der Waals surface area contributed by atoms with Crippen LogP contribution in [0, 0.1) is 0 Å². The minimum atomic E-state index is -4.98. The van der Waals surface area contributed by atoms with Crippen molar-refractivity contribution in [3.05, 3.63) is 27.7 Å². The number of hydrogen-bond acceptors (Lipinski definition) is 2. The topological polar surface area (TPSA) is 18.5 Å². The molecule has 0 amide bonds. The number of hydrogen-bond donors (Lipinski definition) is 0. The molecule has 0 aromatic heterocycles. The second kappa shape index (κ2) is 5.58. The fraction of sp³-hybridized carbons (Fsp3) is 0.400. The van der Waals surface area contributed by atoms with Gasteiger partial charge in [0.05, 0.1) is 15.6 Å². The van der Waals surface area contributed by atoms with Gasteiger partial charge in [-0.05, 0) is 28.1 Å². The fourth-order valence-electron chi connectivity index (χ4n) is 1.23. The number of alkyl halides is 6. The van der Waals surface area contributed by atoms with Crippen molar-refractivity contribution in [3.63, 3.8) is 0 Å². The maximum Gasteiger partial charge on any atom is 0.420 e. The highest BCUT2D eigenvalue weighted by Gasteiger charge is 2.40. The summed E-state index contributed by atoms with van der Waals surface area (Å²) in [5, 5.41) is 0. The van der Waals surface area contributed by atoms with Crippen molar-refractivity contribution in [1.29, 1.82) is 0 Å². The number of benzene rings is 1. The molecule has 1 aromatic carbocycles. The monoisotopic (exact) mass is 352 g/mol. The lowest BCUT2D eigenvalue weighted by atomic mass is 10.1. The Morgan fingerprint density at radius 2 is 1.63 bits per heavy atom. The Hall–Kier alpha value is -0.960. The van der Waals surface area contributed by atoms with Gasteiger partial charge in [-0.25, -0.2) is 0 Å².